The summed E-state index contributed by atoms with van der Waals surface area (Å²) in [6.45, 7) is 4.55. The largest absolute Gasteiger partial charge is 0.497 e. The van der Waals surface area contributed by atoms with Gasteiger partial charge >= 0.3 is 0 Å². The van der Waals surface area contributed by atoms with E-state index in [1.165, 1.54) is 0 Å². The molecule has 0 aliphatic carbocycles. The fourth-order valence-corrected chi connectivity index (χ4v) is 3.23. The summed E-state index contributed by atoms with van der Waals surface area (Å²) < 4.78 is 11.1. The van der Waals surface area contributed by atoms with Gasteiger partial charge in [0.15, 0.2) is 0 Å². The number of methoxy groups -OCH3 is 1. The van der Waals surface area contributed by atoms with Crippen molar-refractivity contribution in [3.63, 3.8) is 0 Å². The lowest BCUT2D eigenvalue weighted by Crippen LogP contribution is -2.36. The normalized spacial score (nSPS) is 18.0. The molecule has 2 aromatic carbocycles. The quantitative estimate of drug-likeness (QED) is 0.876. The number of carbonyl (C=O) groups excluding carboxylic acids is 1. The van der Waals surface area contributed by atoms with E-state index in [1.807, 2.05) is 48.5 Å². The maximum Gasteiger partial charge on any atom is 0.219 e. The molecule has 2 aromatic rings. The molecule has 0 radical (unpaired) electrons. The van der Waals surface area contributed by atoms with Crippen LogP contribution in [-0.2, 0) is 11.3 Å². The highest BCUT2D eigenvalue weighted by molar-refractivity contribution is 5.73. The van der Waals surface area contributed by atoms with E-state index >= 15 is 0 Å². The number of benzene rings is 2. The fraction of sp³-hybridized carbons (Fsp3) is 0.381. The molecule has 1 aliphatic rings. The Morgan fingerprint density at radius 1 is 1.07 bits per heavy atom. The zero-order chi connectivity index (χ0) is 19.2. The number of nitrogens with zero attached hydrogens (tertiary/aromatic N) is 2. The van der Waals surface area contributed by atoms with Crippen LogP contribution in [0, 0.1) is 0 Å². The third-order valence-electron chi connectivity index (χ3n) is 4.63. The van der Waals surface area contributed by atoms with Crippen molar-refractivity contribution in [3.05, 3.63) is 54.1 Å². The third-order valence-corrected chi connectivity index (χ3v) is 4.63. The van der Waals surface area contributed by atoms with Crippen LogP contribution < -0.4 is 9.47 Å². The number of ether oxygens (including phenoxy) is 2. The van der Waals surface area contributed by atoms with Crippen LogP contribution in [0.15, 0.2) is 48.5 Å². The van der Waals surface area contributed by atoms with Gasteiger partial charge in [-0.1, -0.05) is 12.1 Å². The highest BCUT2D eigenvalue weighted by Gasteiger charge is 2.22. The Morgan fingerprint density at radius 3 is 2.52 bits per heavy atom. The fourth-order valence-electron chi connectivity index (χ4n) is 3.23. The maximum atomic E-state index is 11.6. The molecule has 27 heavy (non-hydrogen) atoms. The number of hydrogen-bond donors (Lipinski definition) is 1. The Labute approximate surface area is 159 Å². The monoisotopic (exact) mass is 370 g/mol. The topological polar surface area (TPSA) is 62.2 Å². The second-order valence-corrected chi connectivity index (χ2v) is 6.78. The van der Waals surface area contributed by atoms with E-state index in [-0.39, 0.29) is 5.91 Å². The van der Waals surface area contributed by atoms with Gasteiger partial charge in [0.25, 0.3) is 0 Å². The van der Waals surface area contributed by atoms with E-state index in [9.17, 15) is 9.90 Å². The Hall–Kier alpha value is -2.57. The number of amides is 1. The molecular formula is C21H26N2O4. The minimum absolute atomic E-state index is 0.00536. The van der Waals surface area contributed by atoms with Crippen LogP contribution in [0.4, 0.5) is 0 Å². The molecule has 1 saturated heterocycles. The van der Waals surface area contributed by atoms with E-state index in [1.54, 1.807) is 18.9 Å². The Morgan fingerprint density at radius 2 is 1.81 bits per heavy atom. The van der Waals surface area contributed by atoms with Crippen molar-refractivity contribution >= 4 is 5.91 Å². The zero-order valence-electron chi connectivity index (χ0n) is 15.8. The average molecular weight is 370 g/mol. The smallest absolute Gasteiger partial charge is 0.219 e. The Kier molecular flexibility index (Phi) is 6.32. The number of hydrogen-bond acceptors (Lipinski definition) is 5. The first-order valence-electron chi connectivity index (χ1n) is 9.10. The van der Waals surface area contributed by atoms with Crippen LogP contribution in [0.5, 0.6) is 17.2 Å². The summed E-state index contributed by atoms with van der Waals surface area (Å²) in [5, 5.41) is 10.2. The van der Waals surface area contributed by atoms with Gasteiger partial charge in [-0.15, -0.1) is 0 Å². The molecule has 1 heterocycles. The van der Waals surface area contributed by atoms with Crippen LogP contribution in [0.25, 0.3) is 0 Å². The second kappa shape index (κ2) is 8.88. The predicted octanol–water partition coefficient (Wildman–Crippen LogP) is 2.51. The third kappa shape index (κ3) is 5.45. The molecule has 0 aromatic heterocycles. The minimum Gasteiger partial charge on any atom is -0.497 e. The van der Waals surface area contributed by atoms with E-state index < -0.39 is 6.10 Å². The summed E-state index contributed by atoms with van der Waals surface area (Å²) in [5.74, 6) is 2.30. The van der Waals surface area contributed by atoms with E-state index in [4.69, 9.17) is 9.47 Å². The van der Waals surface area contributed by atoms with Gasteiger partial charge in [0.05, 0.1) is 13.2 Å². The van der Waals surface area contributed by atoms with Gasteiger partial charge in [0.1, 0.15) is 17.2 Å². The molecule has 1 atom stereocenters. The summed E-state index contributed by atoms with van der Waals surface area (Å²) in [6, 6.07) is 15.4. The first-order valence-corrected chi connectivity index (χ1v) is 9.10. The molecule has 1 fully saturated rings. The van der Waals surface area contributed by atoms with Crippen molar-refractivity contribution in [3.8, 4) is 17.2 Å². The molecule has 0 saturated carbocycles. The van der Waals surface area contributed by atoms with Crippen LogP contribution >= 0.6 is 0 Å². The molecule has 1 amide bonds. The van der Waals surface area contributed by atoms with Crippen molar-refractivity contribution in [2.75, 3.05) is 33.3 Å². The standard InChI is InChI=1S/C21H26N2O4/c1-16(24)23-11-10-22(14-18(25)15-23)13-17-4-3-5-21(12-17)27-20-8-6-19(26-2)7-9-20/h3-9,12,18,25H,10-11,13-15H2,1-2H3. The zero-order valence-corrected chi connectivity index (χ0v) is 15.8. The molecule has 0 spiro atoms. The molecule has 1 aliphatic heterocycles. The molecule has 1 unspecified atom stereocenters. The van der Waals surface area contributed by atoms with Crippen LogP contribution in [0.1, 0.15) is 12.5 Å². The van der Waals surface area contributed by atoms with Gasteiger partial charge in [0, 0.05) is 39.6 Å². The SMILES string of the molecule is COc1ccc(Oc2cccc(CN3CCN(C(C)=O)CC(O)C3)c2)cc1. The lowest BCUT2D eigenvalue weighted by Gasteiger charge is -2.21. The Balaban J connectivity index is 1.63. The average Bonchev–Trinajstić information content (AvgIpc) is 2.84. The van der Waals surface area contributed by atoms with Gasteiger partial charge in [-0.3, -0.25) is 9.69 Å². The van der Waals surface area contributed by atoms with Crippen molar-refractivity contribution in [2.45, 2.75) is 19.6 Å². The number of aliphatic hydroxyl groups is 1. The van der Waals surface area contributed by atoms with Crippen molar-refractivity contribution in [2.24, 2.45) is 0 Å². The van der Waals surface area contributed by atoms with Crippen LogP contribution in [0.3, 0.4) is 0 Å². The first kappa shape index (κ1) is 19.2. The van der Waals surface area contributed by atoms with Crippen molar-refractivity contribution < 1.29 is 19.4 Å². The predicted molar refractivity (Wildman–Crippen MR) is 103 cm³/mol. The van der Waals surface area contributed by atoms with E-state index in [0.717, 1.165) is 29.4 Å². The number of carbonyl (C=O) groups is 1. The summed E-state index contributed by atoms with van der Waals surface area (Å²) in [5.41, 5.74) is 1.10. The number of rotatable bonds is 5. The van der Waals surface area contributed by atoms with Crippen molar-refractivity contribution in [1.29, 1.82) is 0 Å². The van der Waals surface area contributed by atoms with E-state index in [2.05, 4.69) is 4.90 Å². The molecule has 3 rings (SSSR count). The molecule has 1 N–H and O–H groups in total. The molecular weight excluding hydrogens is 344 g/mol. The van der Waals surface area contributed by atoms with E-state index in [0.29, 0.717) is 26.2 Å². The summed E-state index contributed by atoms with van der Waals surface area (Å²) in [4.78, 5) is 15.5. The van der Waals surface area contributed by atoms with Gasteiger partial charge < -0.3 is 19.5 Å². The Bertz CT molecular complexity index is 763. The van der Waals surface area contributed by atoms with Gasteiger partial charge in [0.2, 0.25) is 5.91 Å². The number of β-amino-alcohol motifs (C(OH)–C–C–N with tert-alkyl or cyclic N) is 1. The number of aliphatic hydroxyl groups excluding tert-OH is 1. The van der Waals surface area contributed by atoms with Gasteiger partial charge in [-0.25, -0.2) is 0 Å². The highest BCUT2D eigenvalue weighted by Crippen LogP contribution is 2.25. The van der Waals surface area contributed by atoms with Crippen LogP contribution in [-0.4, -0.2) is 60.2 Å². The second-order valence-electron chi connectivity index (χ2n) is 6.78. The maximum absolute atomic E-state index is 11.6. The van der Waals surface area contributed by atoms with Crippen LogP contribution in [0.2, 0.25) is 0 Å². The molecule has 6 heteroatoms. The van der Waals surface area contributed by atoms with Gasteiger partial charge in [-0.05, 0) is 42.0 Å². The lowest BCUT2D eigenvalue weighted by molar-refractivity contribution is -0.129. The van der Waals surface area contributed by atoms with Gasteiger partial charge in [-0.2, -0.15) is 0 Å². The first-order chi connectivity index (χ1) is 13.0. The molecule has 6 nitrogen and oxygen atoms in total. The summed E-state index contributed by atoms with van der Waals surface area (Å²) >= 11 is 0. The van der Waals surface area contributed by atoms with Crippen molar-refractivity contribution in [1.82, 2.24) is 9.80 Å². The molecule has 144 valence electrons. The highest BCUT2D eigenvalue weighted by atomic mass is 16.5. The minimum atomic E-state index is -0.532. The summed E-state index contributed by atoms with van der Waals surface area (Å²) in [7, 11) is 1.63. The molecule has 0 bridgehead atoms. The lowest BCUT2D eigenvalue weighted by atomic mass is 10.2. The summed E-state index contributed by atoms with van der Waals surface area (Å²) in [6.07, 6.45) is -0.532.